The summed E-state index contributed by atoms with van der Waals surface area (Å²) in [6.45, 7) is 0. The molecule has 1 aliphatic rings. The van der Waals surface area contributed by atoms with Crippen LogP contribution in [0.4, 0.5) is 0 Å². The lowest BCUT2D eigenvalue weighted by Crippen LogP contribution is -2.04. The third-order valence-corrected chi connectivity index (χ3v) is 2.28. The fourth-order valence-corrected chi connectivity index (χ4v) is 1.55. The maximum absolute atomic E-state index is 5.28. The monoisotopic (exact) mass is 198 g/mol. The molecule has 2 heterocycles. The van der Waals surface area contributed by atoms with Gasteiger partial charge in [0, 0.05) is 24.3 Å². The van der Waals surface area contributed by atoms with E-state index < -0.39 is 0 Å². The fourth-order valence-electron chi connectivity index (χ4n) is 0.841. The summed E-state index contributed by atoms with van der Waals surface area (Å²) in [6.07, 6.45) is 3.43. The molecule has 12 heavy (non-hydrogen) atoms. The molecule has 0 fully saturated rings. The van der Waals surface area contributed by atoms with Crippen molar-refractivity contribution >= 4 is 30.5 Å². The predicted octanol–water partition coefficient (Wildman–Crippen LogP) is 1.72. The minimum atomic E-state index is -0.180. The van der Waals surface area contributed by atoms with Gasteiger partial charge in [0.15, 0.2) is 0 Å². The highest BCUT2D eigenvalue weighted by Crippen LogP contribution is 2.26. The number of nitrogens with zero attached hydrogens (tertiary/aromatic N) is 2. The molecule has 0 aliphatic carbocycles. The van der Waals surface area contributed by atoms with Crippen LogP contribution in [0.2, 0.25) is 0 Å². The highest BCUT2D eigenvalue weighted by molar-refractivity contribution is 8.09. The van der Waals surface area contributed by atoms with Crippen LogP contribution in [0.5, 0.6) is 0 Å². The lowest BCUT2D eigenvalue weighted by Gasteiger charge is -2.01. The third-order valence-electron chi connectivity index (χ3n) is 1.35. The van der Waals surface area contributed by atoms with E-state index in [2.05, 4.69) is 22.0 Å². The second-order valence-electron chi connectivity index (χ2n) is 2.17. The topological polar surface area (TPSA) is 34.5 Å². The van der Waals surface area contributed by atoms with Gasteiger partial charge in [-0.2, -0.15) is 4.40 Å². The van der Waals surface area contributed by atoms with Crippen molar-refractivity contribution in [3.05, 3.63) is 30.1 Å². The minimum Gasteiger partial charge on any atom is -0.450 e. The molecule has 0 saturated heterocycles. The molecule has 0 aromatic carbocycles. The summed E-state index contributed by atoms with van der Waals surface area (Å²) in [5.41, 5.74) is 0.890. The Balaban J connectivity index is 2.22. The van der Waals surface area contributed by atoms with E-state index in [9.17, 15) is 0 Å². The van der Waals surface area contributed by atoms with E-state index in [1.54, 1.807) is 12.4 Å². The number of hydrogen-bond donors (Lipinski definition) is 1. The smallest absolute Gasteiger partial charge is 0.231 e. The molecule has 0 saturated carbocycles. The Morgan fingerprint density at radius 1 is 1.58 bits per heavy atom. The van der Waals surface area contributed by atoms with Gasteiger partial charge < -0.3 is 4.74 Å². The fraction of sp³-hybridized carbons (Fsp3) is 0.143. The summed E-state index contributed by atoms with van der Waals surface area (Å²) in [4.78, 5) is 3.96. The molecular weight excluding hydrogens is 192 g/mol. The van der Waals surface area contributed by atoms with Gasteiger partial charge in [-0.1, -0.05) is 0 Å². The van der Waals surface area contributed by atoms with Gasteiger partial charge in [-0.15, -0.1) is 12.6 Å². The van der Waals surface area contributed by atoms with Crippen molar-refractivity contribution in [3.63, 3.8) is 0 Å². The predicted molar refractivity (Wildman–Crippen MR) is 52.2 cm³/mol. The van der Waals surface area contributed by atoms with E-state index in [0.717, 1.165) is 5.56 Å². The Labute approximate surface area is 79.8 Å². The van der Waals surface area contributed by atoms with Gasteiger partial charge in [0.2, 0.25) is 10.7 Å². The van der Waals surface area contributed by atoms with Crippen LogP contribution in [0.3, 0.4) is 0 Å². The molecule has 1 aromatic heterocycles. The number of ether oxygens (including phenoxy) is 1. The summed E-state index contributed by atoms with van der Waals surface area (Å²) in [5.74, 6) is 0.605. The Hall–Kier alpha value is -0.680. The second kappa shape index (κ2) is 3.37. The van der Waals surface area contributed by atoms with Gasteiger partial charge >= 0.3 is 0 Å². The lowest BCUT2D eigenvalue weighted by atomic mass is 10.3. The van der Waals surface area contributed by atoms with Gasteiger partial charge in [-0.25, -0.2) is 0 Å². The summed E-state index contributed by atoms with van der Waals surface area (Å²) in [5, 5.41) is 0. The first kappa shape index (κ1) is 7.94. The molecule has 1 unspecified atom stereocenters. The van der Waals surface area contributed by atoms with Crippen LogP contribution in [-0.2, 0) is 4.74 Å². The van der Waals surface area contributed by atoms with Crippen LogP contribution in [0.1, 0.15) is 5.56 Å². The minimum absolute atomic E-state index is 0.180. The van der Waals surface area contributed by atoms with Crippen molar-refractivity contribution in [2.45, 2.75) is 4.77 Å². The lowest BCUT2D eigenvalue weighted by molar-refractivity contribution is 0.366. The molecule has 62 valence electrons. The number of hydrogen-bond acceptors (Lipinski definition) is 5. The van der Waals surface area contributed by atoms with Gasteiger partial charge in [-0.05, 0) is 12.1 Å². The van der Waals surface area contributed by atoms with Crippen LogP contribution >= 0.6 is 24.6 Å². The zero-order chi connectivity index (χ0) is 8.39. The molecule has 0 bridgehead atoms. The highest BCUT2D eigenvalue weighted by atomic mass is 32.2. The normalized spacial score (nSPS) is 21.8. The molecule has 3 nitrogen and oxygen atoms in total. The summed E-state index contributed by atoms with van der Waals surface area (Å²) in [7, 11) is 0. The summed E-state index contributed by atoms with van der Waals surface area (Å²) < 4.78 is 9.19. The van der Waals surface area contributed by atoms with Crippen LogP contribution in [0.25, 0.3) is 0 Å². The van der Waals surface area contributed by atoms with E-state index >= 15 is 0 Å². The summed E-state index contributed by atoms with van der Waals surface area (Å²) in [6, 6.07) is 3.75. The zero-order valence-electron chi connectivity index (χ0n) is 6.04. The number of rotatable bonds is 1. The van der Waals surface area contributed by atoms with E-state index in [0.29, 0.717) is 5.90 Å². The van der Waals surface area contributed by atoms with E-state index in [1.165, 1.54) is 11.9 Å². The largest absolute Gasteiger partial charge is 0.450 e. The maximum atomic E-state index is 5.28. The van der Waals surface area contributed by atoms with Crippen molar-refractivity contribution < 1.29 is 4.74 Å². The first-order valence-electron chi connectivity index (χ1n) is 3.35. The van der Waals surface area contributed by atoms with Crippen LogP contribution in [0, 0.1) is 0 Å². The van der Waals surface area contributed by atoms with Crippen molar-refractivity contribution in [3.8, 4) is 0 Å². The van der Waals surface area contributed by atoms with Crippen LogP contribution < -0.4 is 0 Å². The number of pyridine rings is 1. The molecule has 5 heteroatoms. The molecule has 0 spiro atoms. The quantitative estimate of drug-likeness (QED) is 0.551. The van der Waals surface area contributed by atoms with Crippen molar-refractivity contribution in [2.24, 2.45) is 4.40 Å². The van der Waals surface area contributed by atoms with Gasteiger partial charge in [0.1, 0.15) is 0 Å². The Morgan fingerprint density at radius 3 is 3.08 bits per heavy atom. The zero-order valence-corrected chi connectivity index (χ0v) is 7.76. The van der Waals surface area contributed by atoms with Crippen molar-refractivity contribution in [1.29, 1.82) is 0 Å². The third kappa shape index (κ3) is 1.56. The molecule has 1 aromatic rings. The standard InChI is InChI=1S/C7H6N2OS2/c11-7-10-6(9-12-7)5-2-1-3-8-4-5/h1-4,7,11H. The average Bonchev–Trinajstić information content (AvgIpc) is 2.54. The average molecular weight is 198 g/mol. The molecule has 0 radical (unpaired) electrons. The molecule has 2 rings (SSSR count). The summed E-state index contributed by atoms with van der Waals surface area (Å²) >= 11 is 5.41. The van der Waals surface area contributed by atoms with Gasteiger partial charge in [-0.3, -0.25) is 4.98 Å². The van der Waals surface area contributed by atoms with Crippen LogP contribution in [0.15, 0.2) is 28.9 Å². The number of aromatic nitrogens is 1. The Morgan fingerprint density at radius 2 is 2.50 bits per heavy atom. The van der Waals surface area contributed by atoms with E-state index in [4.69, 9.17) is 4.74 Å². The van der Waals surface area contributed by atoms with Crippen molar-refractivity contribution in [2.75, 3.05) is 0 Å². The van der Waals surface area contributed by atoms with Crippen molar-refractivity contribution in [1.82, 2.24) is 4.98 Å². The molecule has 1 aliphatic heterocycles. The first-order valence-corrected chi connectivity index (χ1v) is 4.70. The van der Waals surface area contributed by atoms with E-state index in [1.807, 2.05) is 12.1 Å². The Kier molecular flexibility index (Phi) is 2.23. The van der Waals surface area contributed by atoms with Crippen LogP contribution in [-0.4, -0.2) is 15.6 Å². The first-order chi connectivity index (χ1) is 5.86. The maximum Gasteiger partial charge on any atom is 0.231 e. The molecular formula is C7H6N2OS2. The van der Waals surface area contributed by atoms with Gasteiger partial charge in [0.05, 0.1) is 5.56 Å². The second-order valence-corrected chi connectivity index (χ2v) is 3.81. The van der Waals surface area contributed by atoms with E-state index in [-0.39, 0.29) is 4.77 Å². The highest BCUT2D eigenvalue weighted by Gasteiger charge is 2.18. The molecule has 0 N–H and O–H groups in total. The molecule has 1 atom stereocenters. The molecule has 0 amide bonds. The van der Waals surface area contributed by atoms with Gasteiger partial charge in [0.25, 0.3) is 0 Å². The Bertz CT molecular complexity index is 302. The SMILES string of the molecule is SC1OC(c2cccnc2)=NS1. The number of thiol groups is 1.